The fraction of sp³-hybridized carbons (Fsp3) is 0.250. The van der Waals surface area contributed by atoms with Crippen LogP contribution < -0.4 is 5.73 Å². The van der Waals surface area contributed by atoms with Gasteiger partial charge in [-0.3, -0.25) is 0 Å². The Hall–Kier alpha value is -1.64. The van der Waals surface area contributed by atoms with Crippen molar-refractivity contribution in [2.24, 2.45) is 5.73 Å². The van der Waals surface area contributed by atoms with Gasteiger partial charge in [-0.15, -0.1) is 0 Å². The topological polar surface area (TPSA) is 35.2 Å². The molecule has 2 unspecified atom stereocenters. The van der Waals surface area contributed by atoms with Gasteiger partial charge in [0.05, 0.1) is 18.8 Å². The van der Waals surface area contributed by atoms with Gasteiger partial charge in [0.1, 0.15) is 0 Å². The van der Waals surface area contributed by atoms with Gasteiger partial charge < -0.3 is 10.5 Å². The lowest BCUT2D eigenvalue weighted by Crippen LogP contribution is -2.26. The second-order valence-corrected chi connectivity index (χ2v) is 4.44. The maximum Gasteiger partial charge on any atom is 0.0744 e. The molecule has 0 bridgehead atoms. The Kier molecular flexibility index (Phi) is 4.51. The first kappa shape index (κ1) is 12.8. The Labute approximate surface area is 108 Å². The average Bonchev–Trinajstić information content (AvgIpc) is 2.46. The van der Waals surface area contributed by atoms with Gasteiger partial charge in [-0.25, -0.2) is 0 Å². The van der Waals surface area contributed by atoms with Gasteiger partial charge in [0.25, 0.3) is 0 Å². The van der Waals surface area contributed by atoms with Crippen molar-refractivity contribution < 1.29 is 4.74 Å². The molecular weight excluding hydrogens is 222 g/mol. The fourth-order valence-electron chi connectivity index (χ4n) is 1.85. The molecule has 2 aromatic rings. The molecule has 2 nitrogen and oxygen atoms in total. The molecule has 0 heterocycles. The smallest absolute Gasteiger partial charge is 0.0744 e. The molecule has 0 saturated carbocycles. The number of benzene rings is 2. The van der Waals surface area contributed by atoms with Crippen molar-refractivity contribution in [3.05, 3.63) is 71.8 Å². The van der Waals surface area contributed by atoms with E-state index in [1.807, 2.05) is 55.5 Å². The van der Waals surface area contributed by atoms with Crippen molar-refractivity contribution in [3.63, 3.8) is 0 Å². The van der Waals surface area contributed by atoms with Gasteiger partial charge in [-0.1, -0.05) is 60.7 Å². The summed E-state index contributed by atoms with van der Waals surface area (Å²) >= 11 is 0. The minimum Gasteiger partial charge on any atom is -0.372 e. The summed E-state index contributed by atoms with van der Waals surface area (Å²) in [5.41, 5.74) is 8.46. The van der Waals surface area contributed by atoms with E-state index in [9.17, 15) is 0 Å². The van der Waals surface area contributed by atoms with Crippen molar-refractivity contribution in [1.29, 1.82) is 0 Å². The van der Waals surface area contributed by atoms with Crippen molar-refractivity contribution in [1.82, 2.24) is 0 Å². The first-order chi connectivity index (χ1) is 8.77. The van der Waals surface area contributed by atoms with Crippen LogP contribution in [-0.4, -0.2) is 6.10 Å². The highest BCUT2D eigenvalue weighted by molar-refractivity contribution is 5.19. The van der Waals surface area contributed by atoms with Crippen molar-refractivity contribution in [2.75, 3.05) is 0 Å². The third kappa shape index (κ3) is 3.42. The number of ether oxygens (including phenoxy) is 1. The van der Waals surface area contributed by atoms with E-state index in [2.05, 4.69) is 12.1 Å². The van der Waals surface area contributed by atoms with Gasteiger partial charge in [0.15, 0.2) is 0 Å². The highest BCUT2D eigenvalue weighted by Crippen LogP contribution is 2.17. The van der Waals surface area contributed by atoms with Crippen LogP contribution in [0.1, 0.15) is 24.1 Å². The Morgan fingerprint density at radius 1 is 0.944 bits per heavy atom. The molecule has 0 amide bonds. The molecule has 0 radical (unpaired) electrons. The van der Waals surface area contributed by atoms with Gasteiger partial charge >= 0.3 is 0 Å². The summed E-state index contributed by atoms with van der Waals surface area (Å²) in [6, 6.07) is 20.1. The molecule has 0 aromatic heterocycles. The maximum absolute atomic E-state index is 6.18. The van der Waals surface area contributed by atoms with Gasteiger partial charge in [-0.2, -0.15) is 0 Å². The minimum atomic E-state index is -0.0880. The van der Waals surface area contributed by atoms with Crippen LogP contribution in [-0.2, 0) is 11.3 Å². The Morgan fingerprint density at radius 2 is 1.50 bits per heavy atom. The molecule has 0 fully saturated rings. The third-order valence-electron chi connectivity index (χ3n) is 3.05. The summed E-state index contributed by atoms with van der Waals surface area (Å²) in [6.45, 7) is 2.61. The van der Waals surface area contributed by atoms with Crippen molar-refractivity contribution >= 4 is 0 Å². The molecule has 2 rings (SSSR count). The van der Waals surface area contributed by atoms with E-state index in [1.54, 1.807) is 0 Å². The van der Waals surface area contributed by atoms with Gasteiger partial charge in [0.2, 0.25) is 0 Å². The zero-order valence-electron chi connectivity index (χ0n) is 10.6. The first-order valence-electron chi connectivity index (χ1n) is 6.23. The van der Waals surface area contributed by atoms with Crippen LogP contribution in [0.5, 0.6) is 0 Å². The first-order valence-corrected chi connectivity index (χ1v) is 6.23. The third-order valence-corrected chi connectivity index (χ3v) is 3.05. The van der Waals surface area contributed by atoms with Gasteiger partial charge in [0, 0.05) is 0 Å². The lowest BCUT2D eigenvalue weighted by molar-refractivity contribution is 0.0357. The molecule has 0 aliphatic heterocycles. The molecule has 0 aliphatic rings. The molecule has 2 N–H and O–H groups in total. The fourth-order valence-corrected chi connectivity index (χ4v) is 1.85. The summed E-state index contributed by atoms with van der Waals surface area (Å²) in [6.07, 6.45) is -0.00685. The molecule has 0 spiro atoms. The quantitative estimate of drug-likeness (QED) is 0.871. The lowest BCUT2D eigenvalue weighted by atomic mass is 10.0. The average molecular weight is 241 g/mol. The second kappa shape index (κ2) is 6.34. The van der Waals surface area contributed by atoms with Crippen LogP contribution >= 0.6 is 0 Å². The summed E-state index contributed by atoms with van der Waals surface area (Å²) in [5, 5.41) is 0. The van der Waals surface area contributed by atoms with Crippen LogP contribution in [0.3, 0.4) is 0 Å². The predicted molar refractivity (Wildman–Crippen MR) is 74.1 cm³/mol. The largest absolute Gasteiger partial charge is 0.372 e. The van der Waals surface area contributed by atoms with Crippen molar-refractivity contribution in [2.45, 2.75) is 25.7 Å². The van der Waals surface area contributed by atoms with Crippen LogP contribution in [0, 0.1) is 0 Å². The molecule has 0 aliphatic carbocycles. The van der Waals surface area contributed by atoms with E-state index in [1.165, 1.54) is 5.56 Å². The molecule has 0 saturated heterocycles. The second-order valence-electron chi connectivity index (χ2n) is 4.44. The zero-order valence-corrected chi connectivity index (χ0v) is 10.6. The summed E-state index contributed by atoms with van der Waals surface area (Å²) < 4.78 is 5.82. The summed E-state index contributed by atoms with van der Waals surface area (Å²) in [7, 11) is 0. The zero-order chi connectivity index (χ0) is 12.8. The van der Waals surface area contributed by atoms with Crippen LogP contribution in [0.15, 0.2) is 60.7 Å². The number of hydrogen-bond donors (Lipinski definition) is 1. The van der Waals surface area contributed by atoms with E-state index in [-0.39, 0.29) is 12.1 Å². The Balaban J connectivity index is 1.90. The van der Waals surface area contributed by atoms with E-state index >= 15 is 0 Å². The molecule has 94 valence electrons. The minimum absolute atomic E-state index is 0.00685. The van der Waals surface area contributed by atoms with E-state index < -0.39 is 0 Å². The number of hydrogen-bond acceptors (Lipinski definition) is 2. The summed E-state index contributed by atoms with van der Waals surface area (Å²) in [5.74, 6) is 0. The molecule has 2 heteroatoms. The Morgan fingerprint density at radius 3 is 2.11 bits per heavy atom. The van der Waals surface area contributed by atoms with E-state index in [4.69, 9.17) is 10.5 Å². The number of rotatable bonds is 5. The van der Waals surface area contributed by atoms with Crippen LogP contribution in [0.25, 0.3) is 0 Å². The van der Waals surface area contributed by atoms with E-state index in [0.29, 0.717) is 6.61 Å². The molecule has 18 heavy (non-hydrogen) atoms. The van der Waals surface area contributed by atoms with Crippen LogP contribution in [0.2, 0.25) is 0 Å². The maximum atomic E-state index is 6.18. The van der Waals surface area contributed by atoms with Crippen LogP contribution in [0.4, 0.5) is 0 Å². The highest BCUT2D eigenvalue weighted by Gasteiger charge is 2.14. The monoisotopic (exact) mass is 241 g/mol. The highest BCUT2D eigenvalue weighted by atomic mass is 16.5. The Bertz CT molecular complexity index is 455. The number of nitrogens with two attached hydrogens (primary N) is 1. The standard InChI is InChI=1S/C16H19NO/c1-13(16(17)15-10-6-3-7-11-15)18-12-14-8-4-2-5-9-14/h2-11,13,16H,12,17H2,1H3. The predicted octanol–water partition coefficient (Wildman–Crippen LogP) is 3.29. The molecule has 2 atom stereocenters. The molecule has 2 aromatic carbocycles. The summed E-state index contributed by atoms with van der Waals surface area (Å²) in [4.78, 5) is 0. The molecular formula is C16H19NO. The van der Waals surface area contributed by atoms with E-state index in [0.717, 1.165) is 5.56 Å². The normalized spacial score (nSPS) is 14.1. The SMILES string of the molecule is CC(OCc1ccccc1)C(N)c1ccccc1. The van der Waals surface area contributed by atoms with Crippen molar-refractivity contribution in [3.8, 4) is 0 Å². The van der Waals surface area contributed by atoms with Gasteiger partial charge in [-0.05, 0) is 18.1 Å². The lowest BCUT2D eigenvalue weighted by Gasteiger charge is -2.21.